The predicted octanol–water partition coefficient (Wildman–Crippen LogP) is 2.58. The second kappa shape index (κ2) is 3.05. The summed E-state index contributed by atoms with van der Waals surface area (Å²) in [6.45, 7) is 0. The third-order valence-electron chi connectivity index (χ3n) is 1.84. The number of carbonyl (C=O) groups excluding carboxylic acids is 1. The van der Waals surface area contributed by atoms with E-state index in [-0.39, 0.29) is 0 Å². The summed E-state index contributed by atoms with van der Waals surface area (Å²) in [7, 11) is 0. The quantitative estimate of drug-likeness (QED) is 0.430. The molecule has 2 nitrogen and oxygen atoms in total. The number of nitrogens with two attached hydrogens (primary N) is 1. The number of thiophene rings is 1. The molecule has 0 aliphatic rings. The van der Waals surface area contributed by atoms with Crippen LogP contribution in [0.1, 0.15) is 10.4 Å². The molecule has 0 unspecified atom stereocenters. The normalized spacial score (nSPS) is 10.5. The monoisotopic (exact) mass is 209 g/mol. The molecule has 0 spiro atoms. The van der Waals surface area contributed by atoms with Crippen LogP contribution in [0.5, 0.6) is 0 Å². The van der Waals surface area contributed by atoms with Crippen molar-refractivity contribution < 1.29 is 4.79 Å². The highest BCUT2D eigenvalue weighted by molar-refractivity contribution is 7.83. The summed E-state index contributed by atoms with van der Waals surface area (Å²) < 4.78 is 1.97. The van der Waals surface area contributed by atoms with E-state index in [4.69, 9.17) is 5.73 Å². The highest BCUT2D eigenvalue weighted by Crippen LogP contribution is 2.30. The third kappa shape index (κ3) is 1.43. The second-order valence-corrected chi connectivity index (χ2v) is 4.59. The topological polar surface area (TPSA) is 43.1 Å². The average molecular weight is 209 g/mol. The van der Waals surface area contributed by atoms with Gasteiger partial charge in [0.1, 0.15) is 0 Å². The zero-order valence-electron chi connectivity index (χ0n) is 6.65. The molecule has 1 aromatic heterocycles. The molecule has 0 atom stereocenters. The Morgan fingerprint density at radius 3 is 2.85 bits per heavy atom. The summed E-state index contributed by atoms with van der Waals surface area (Å²) >= 11 is 5.77. The van der Waals surface area contributed by atoms with E-state index in [0.29, 0.717) is 11.3 Å². The number of nitrogen functional groups attached to an aromatic ring is 1. The Bertz CT molecular complexity index is 476. The Morgan fingerprint density at radius 2 is 2.15 bits per heavy atom. The van der Waals surface area contributed by atoms with Crippen LogP contribution in [0, 0.1) is 0 Å². The van der Waals surface area contributed by atoms with Crippen molar-refractivity contribution in [2.45, 2.75) is 4.21 Å². The molecular weight excluding hydrogens is 202 g/mol. The fourth-order valence-corrected chi connectivity index (χ4v) is 2.48. The molecule has 0 saturated heterocycles. The van der Waals surface area contributed by atoms with Crippen molar-refractivity contribution in [1.82, 2.24) is 0 Å². The van der Waals surface area contributed by atoms with Crippen molar-refractivity contribution in [3.8, 4) is 0 Å². The van der Waals surface area contributed by atoms with E-state index < -0.39 is 0 Å². The lowest BCUT2D eigenvalue weighted by Crippen LogP contribution is -1.91. The van der Waals surface area contributed by atoms with Crippen molar-refractivity contribution in [1.29, 1.82) is 0 Å². The first-order chi connectivity index (χ1) is 6.20. The lowest BCUT2D eigenvalue weighted by atomic mass is 10.1. The number of hydrogen-bond donors (Lipinski definition) is 2. The molecule has 2 rings (SSSR count). The predicted molar refractivity (Wildman–Crippen MR) is 58.9 cm³/mol. The van der Waals surface area contributed by atoms with Crippen molar-refractivity contribution in [2.75, 3.05) is 5.73 Å². The van der Waals surface area contributed by atoms with Crippen LogP contribution in [0.4, 0.5) is 5.69 Å². The highest BCUT2D eigenvalue weighted by Gasteiger charge is 2.03. The molecule has 0 aliphatic carbocycles. The van der Waals surface area contributed by atoms with Gasteiger partial charge < -0.3 is 5.73 Å². The largest absolute Gasteiger partial charge is 0.398 e. The van der Waals surface area contributed by atoms with Crippen molar-refractivity contribution in [3.05, 3.63) is 23.8 Å². The second-order valence-electron chi connectivity index (χ2n) is 2.72. The van der Waals surface area contributed by atoms with Crippen molar-refractivity contribution in [3.63, 3.8) is 0 Å². The lowest BCUT2D eigenvalue weighted by molar-refractivity contribution is 0.112. The summed E-state index contributed by atoms with van der Waals surface area (Å²) in [6, 6.07) is 5.53. The Balaban J connectivity index is 2.79. The zero-order valence-corrected chi connectivity index (χ0v) is 8.36. The number of fused-ring (bicyclic) bond motifs is 1. The van der Waals surface area contributed by atoms with Crippen molar-refractivity contribution >= 4 is 46.0 Å². The molecule has 2 N–H and O–H groups in total. The van der Waals surface area contributed by atoms with Crippen LogP contribution < -0.4 is 5.73 Å². The Morgan fingerprint density at radius 1 is 1.38 bits per heavy atom. The van der Waals surface area contributed by atoms with Gasteiger partial charge in [-0.3, -0.25) is 4.79 Å². The summed E-state index contributed by atoms with van der Waals surface area (Å²) in [5.41, 5.74) is 6.72. The molecule has 13 heavy (non-hydrogen) atoms. The van der Waals surface area contributed by atoms with Crippen LogP contribution in [0.2, 0.25) is 0 Å². The number of aldehydes is 1. The van der Waals surface area contributed by atoms with E-state index in [1.807, 2.05) is 6.07 Å². The molecule has 1 aromatic carbocycles. The smallest absolute Gasteiger partial charge is 0.152 e. The van der Waals surface area contributed by atoms with E-state index in [1.54, 1.807) is 23.5 Å². The van der Waals surface area contributed by atoms with Gasteiger partial charge in [0.15, 0.2) is 6.29 Å². The molecular formula is C9H7NOS2. The van der Waals surface area contributed by atoms with Crippen LogP contribution in [0.3, 0.4) is 0 Å². The summed E-state index contributed by atoms with van der Waals surface area (Å²) in [5.74, 6) is 0. The van der Waals surface area contributed by atoms with E-state index in [0.717, 1.165) is 20.6 Å². The number of anilines is 1. The zero-order chi connectivity index (χ0) is 9.42. The van der Waals surface area contributed by atoms with Crippen LogP contribution in [0.25, 0.3) is 10.1 Å². The Hall–Kier alpha value is -1.00. The number of benzene rings is 1. The van der Waals surface area contributed by atoms with E-state index in [9.17, 15) is 4.79 Å². The van der Waals surface area contributed by atoms with Gasteiger partial charge in [-0.25, -0.2) is 0 Å². The first-order valence-corrected chi connectivity index (χ1v) is 4.94. The van der Waals surface area contributed by atoms with E-state index in [1.165, 1.54) is 0 Å². The molecule has 1 heterocycles. The van der Waals surface area contributed by atoms with E-state index in [2.05, 4.69) is 12.6 Å². The van der Waals surface area contributed by atoms with Gasteiger partial charge in [0.2, 0.25) is 0 Å². The number of hydrogen-bond acceptors (Lipinski definition) is 4. The highest BCUT2D eigenvalue weighted by atomic mass is 32.2. The molecule has 4 heteroatoms. The Labute approximate surface area is 84.8 Å². The first-order valence-electron chi connectivity index (χ1n) is 3.68. The van der Waals surface area contributed by atoms with Gasteiger partial charge in [-0.2, -0.15) is 0 Å². The fraction of sp³-hybridized carbons (Fsp3) is 0. The van der Waals surface area contributed by atoms with Crippen LogP contribution in [0.15, 0.2) is 22.4 Å². The van der Waals surface area contributed by atoms with Gasteiger partial charge in [0.05, 0.1) is 4.21 Å². The minimum Gasteiger partial charge on any atom is -0.398 e. The van der Waals surface area contributed by atoms with E-state index >= 15 is 0 Å². The number of thiol groups is 1. The lowest BCUT2D eigenvalue weighted by Gasteiger charge is -1.97. The van der Waals surface area contributed by atoms with Gasteiger partial charge in [-0.1, -0.05) is 0 Å². The minimum absolute atomic E-state index is 0.522. The third-order valence-corrected chi connectivity index (χ3v) is 3.14. The molecule has 0 aliphatic heterocycles. The maximum Gasteiger partial charge on any atom is 0.152 e. The molecule has 2 aromatic rings. The molecule has 0 radical (unpaired) electrons. The summed E-state index contributed by atoms with van der Waals surface area (Å²) in [6.07, 6.45) is 0.771. The first kappa shape index (κ1) is 8.59. The standard InChI is InChI=1S/C9H7NOS2/c10-7-1-5-3-9(12)13-8(5)2-6(7)4-11/h1-4,12H,10H2. The molecule has 66 valence electrons. The summed E-state index contributed by atoms with van der Waals surface area (Å²) in [4.78, 5) is 10.6. The molecule has 0 fully saturated rings. The van der Waals surface area contributed by atoms with Gasteiger partial charge in [-0.15, -0.1) is 24.0 Å². The number of carbonyl (C=O) groups is 1. The van der Waals surface area contributed by atoms with Crippen molar-refractivity contribution in [2.24, 2.45) is 0 Å². The SMILES string of the molecule is Nc1cc2cc(S)sc2cc1C=O. The number of rotatable bonds is 1. The van der Waals surface area contributed by atoms with Gasteiger partial charge in [-0.05, 0) is 23.6 Å². The molecule has 0 saturated carbocycles. The van der Waals surface area contributed by atoms with Gasteiger partial charge >= 0.3 is 0 Å². The molecule has 0 amide bonds. The molecule has 0 bridgehead atoms. The average Bonchev–Trinajstić information content (AvgIpc) is 2.42. The maximum absolute atomic E-state index is 10.6. The minimum atomic E-state index is 0.522. The van der Waals surface area contributed by atoms with Gasteiger partial charge in [0.25, 0.3) is 0 Å². The van der Waals surface area contributed by atoms with Gasteiger partial charge in [0, 0.05) is 16.0 Å². The van der Waals surface area contributed by atoms with Crippen LogP contribution in [-0.4, -0.2) is 6.29 Å². The van der Waals surface area contributed by atoms with Crippen LogP contribution >= 0.6 is 24.0 Å². The Kier molecular flexibility index (Phi) is 2.01. The maximum atomic E-state index is 10.6. The fourth-order valence-electron chi connectivity index (χ4n) is 1.21. The summed E-state index contributed by atoms with van der Waals surface area (Å²) in [5, 5.41) is 1.04. The van der Waals surface area contributed by atoms with Crippen LogP contribution in [-0.2, 0) is 0 Å².